The molecule has 80 valence electrons. The molecule has 3 nitrogen and oxygen atoms in total. The molecule has 0 spiro atoms. The fourth-order valence-corrected chi connectivity index (χ4v) is 1.88. The number of benzene rings is 1. The average Bonchev–Trinajstić information content (AvgIpc) is 2.39. The van der Waals surface area contributed by atoms with Gasteiger partial charge >= 0.3 is 0 Å². The van der Waals surface area contributed by atoms with E-state index >= 15 is 0 Å². The van der Waals surface area contributed by atoms with Crippen LogP contribution in [-0.2, 0) is 11.2 Å². The van der Waals surface area contributed by atoms with Crippen molar-refractivity contribution in [1.82, 2.24) is 0 Å². The van der Waals surface area contributed by atoms with Crippen LogP contribution in [0.4, 0.5) is 10.1 Å². The molecule has 1 heterocycles. The zero-order valence-electron chi connectivity index (χ0n) is 8.29. The Morgan fingerprint density at radius 1 is 1.53 bits per heavy atom. The van der Waals surface area contributed by atoms with Gasteiger partial charge in [-0.25, -0.2) is 4.39 Å². The number of anilines is 1. The molecule has 0 radical (unpaired) electrons. The van der Waals surface area contributed by atoms with E-state index in [0.717, 1.165) is 24.1 Å². The van der Waals surface area contributed by atoms with Crippen molar-refractivity contribution in [3.8, 4) is 0 Å². The smallest absolute Gasteiger partial charge is 0.239 e. The molecule has 0 fully saturated rings. The van der Waals surface area contributed by atoms with Crippen molar-refractivity contribution in [2.24, 2.45) is 5.73 Å². The monoisotopic (exact) mass is 208 g/mol. The number of halogens is 1. The van der Waals surface area contributed by atoms with E-state index in [2.05, 4.69) is 5.32 Å². The van der Waals surface area contributed by atoms with Crippen molar-refractivity contribution in [1.29, 1.82) is 0 Å². The highest BCUT2D eigenvalue weighted by atomic mass is 19.1. The Bertz CT molecular complexity index is 392. The Hall–Kier alpha value is -1.58. The van der Waals surface area contributed by atoms with E-state index in [-0.39, 0.29) is 17.8 Å². The summed E-state index contributed by atoms with van der Waals surface area (Å²) in [6.45, 7) is 0. The Balaban J connectivity index is 2.29. The number of amides is 1. The second-order valence-corrected chi connectivity index (χ2v) is 3.79. The number of rotatable bonds is 1. The van der Waals surface area contributed by atoms with Crippen LogP contribution in [-0.4, -0.2) is 11.9 Å². The molecule has 2 rings (SSSR count). The summed E-state index contributed by atoms with van der Waals surface area (Å²) in [7, 11) is 0. The van der Waals surface area contributed by atoms with Crippen LogP contribution < -0.4 is 11.1 Å². The van der Waals surface area contributed by atoms with Gasteiger partial charge in [-0.3, -0.25) is 4.79 Å². The fraction of sp³-hybridized carbons (Fsp3) is 0.364. The summed E-state index contributed by atoms with van der Waals surface area (Å²) in [6, 6.07) is 4.21. The lowest BCUT2D eigenvalue weighted by Crippen LogP contribution is -2.34. The van der Waals surface area contributed by atoms with E-state index in [1.165, 1.54) is 12.1 Å². The molecule has 0 aliphatic carbocycles. The number of nitrogens with two attached hydrogens (primary N) is 1. The summed E-state index contributed by atoms with van der Waals surface area (Å²) < 4.78 is 13.0. The van der Waals surface area contributed by atoms with Gasteiger partial charge in [0.05, 0.1) is 0 Å². The van der Waals surface area contributed by atoms with Crippen molar-refractivity contribution in [3.05, 3.63) is 29.6 Å². The van der Waals surface area contributed by atoms with Gasteiger partial charge < -0.3 is 11.1 Å². The van der Waals surface area contributed by atoms with E-state index in [4.69, 9.17) is 5.73 Å². The molecule has 0 saturated heterocycles. The molecular formula is C11H13FN2O. The molecule has 1 amide bonds. The van der Waals surface area contributed by atoms with Crippen molar-refractivity contribution in [3.63, 3.8) is 0 Å². The third-order valence-corrected chi connectivity index (χ3v) is 2.68. The minimum absolute atomic E-state index is 0.243. The zero-order chi connectivity index (χ0) is 10.8. The van der Waals surface area contributed by atoms with Gasteiger partial charge in [-0.2, -0.15) is 0 Å². The first-order valence-corrected chi connectivity index (χ1v) is 5.01. The molecule has 1 aliphatic rings. The summed E-state index contributed by atoms with van der Waals surface area (Å²) in [4.78, 5) is 11.1. The maximum absolute atomic E-state index is 13.0. The number of primary amides is 1. The first kappa shape index (κ1) is 9.96. The van der Waals surface area contributed by atoms with Crippen molar-refractivity contribution < 1.29 is 9.18 Å². The number of hydrogen-bond acceptors (Lipinski definition) is 2. The molecule has 3 N–H and O–H groups in total. The Labute approximate surface area is 87.5 Å². The topological polar surface area (TPSA) is 55.1 Å². The van der Waals surface area contributed by atoms with E-state index in [1.807, 2.05) is 0 Å². The van der Waals surface area contributed by atoms with Crippen LogP contribution in [0.25, 0.3) is 0 Å². The van der Waals surface area contributed by atoms with E-state index in [9.17, 15) is 9.18 Å². The average molecular weight is 208 g/mol. The molecule has 4 heteroatoms. The normalized spacial score (nSPS) is 19.9. The molecular weight excluding hydrogens is 195 g/mol. The number of nitrogens with one attached hydrogen (secondary N) is 1. The molecule has 1 aliphatic heterocycles. The predicted octanol–water partition coefficient (Wildman–Crippen LogP) is 1.43. The maximum Gasteiger partial charge on any atom is 0.239 e. The molecule has 1 atom stereocenters. The second kappa shape index (κ2) is 3.88. The molecule has 0 saturated carbocycles. The summed E-state index contributed by atoms with van der Waals surface area (Å²) >= 11 is 0. The maximum atomic E-state index is 13.0. The third kappa shape index (κ3) is 2.09. The predicted molar refractivity (Wildman–Crippen MR) is 55.9 cm³/mol. The Kier molecular flexibility index (Phi) is 2.58. The van der Waals surface area contributed by atoms with Crippen molar-refractivity contribution >= 4 is 11.6 Å². The van der Waals surface area contributed by atoms with Crippen LogP contribution in [0.2, 0.25) is 0 Å². The van der Waals surface area contributed by atoms with Crippen LogP contribution in [0.1, 0.15) is 18.4 Å². The molecule has 0 bridgehead atoms. The van der Waals surface area contributed by atoms with E-state index in [0.29, 0.717) is 6.42 Å². The molecule has 1 aromatic rings. The summed E-state index contributed by atoms with van der Waals surface area (Å²) in [5, 5.41) is 3.04. The van der Waals surface area contributed by atoms with Gasteiger partial charge in [-0.05, 0) is 43.0 Å². The van der Waals surface area contributed by atoms with Crippen LogP contribution in [0.3, 0.4) is 0 Å². The molecule has 1 unspecified atom stereocenters. The van der Waals surface area contributed by atoms with Crippen LogP contribution in [0.15, 0.2) is 18.2 Å². The highest BCUT2D eigenvalue weighted by molar-refractivity contribution is 5.83. The lowest BCUT2D eigenvalue weighted by atomic mass is 10.1. The SMILES string of the molecule is NC(=O)C1CCCc2cc(F)ccc2N1. The van der Waals surface area contributed by atoms with Crippen LogP contribution in [0.5, 0.6) is 0 Å². The van der Waals surface area contributed by atoms with Crippen molar-refractivity contribution in [2.45, 2.75) is 25.3 Å². The van der Waals surface area contributed by atoms with Gasteiger partial charge in [0.25, 0.3) is 0 Å². The largest absolute Gasteiger partial charge is 0.373 e. The van der Waals surface area contributed by atoms with Gasteiger partial charge in [0.2, 0.25) is 5.91 Å². The van der Waals surface area contributed by atoms with Crippen molar-refractivity contribution in [2.75, 3.05) is 5.32 Å². The van der Waals surface area contributed by atoms with Gasteiger partial charge in [-0.1, -0.05) is 0 Å². The van der Waals surface area contributed by atoms with E-state index in [1.54, 1.807) is 6.07 Å². The van der Waals surface area contributed by atoms with Crippen LogP contribution in [0, 0.1) is 5.82 Å². The highest BCUT2D eigenvalue weighted by Crippen LogP contribution is 2.24. The summed E-state index contributed by atoms with van der Waals surface area (Å²) in [6.07, 6.45) is 2.33. The number of hydrogen-bond donors (Lipinski definition) is 2. The number of fused-ring (bicyclic) bond motifs is 1. The number of carbonyl (C=O) groups is 1. The van der Waals surface area contributed by atoms with Gasteiger partial charge in [-0.15, -0.1) is 0 Å². The van der Waals surface area contributed by atoms with Gasteiger partial charge in [0.1, 0.15) is 11.9 Å². The number of aryl methyl sites for hydroxylation is 1. The minimum Gasteiger partial charge on any atom is -0.373 e. The summed E-state index contributed by atoms with van der Waals surface area (Å²) in [5.74, 6) is -0.597. The Morgan fingerprint density at radius 2 is 2.33 bits per heavy atom. The van der Waals surface area contributed by atoms with Crippen LogP contribution >= 0.6 is 0 Å². The molecule has 1 aromatic carbocycles. The van der Waals surface area contributed by atoms with Gasteiger partial charge in [0.15, 0.2) is 0 Å². The lowest BCUT2D eigenvalue weighted by molar-refractivity contribution is -0.118. The Morgan fingerprint density at radius 3 is 3.07 bits per heavy atom. The zero-order valence-corrected chi connectivity index (χ0v) is 8.29. The first-order chi connectivity index (χ1) is 7.16. The second-order valence-electron chi connectivity index (χ2n) is 3.79. The lowest BCUT2D eigenvalue weighted by Gasteiger charge is -2.14. The van der Waals surface area contributed by atoms with E-state index < -0.39 is 0 Å². The quantitative estimate of drug-likeness (QED) is 0.733. The molecule has 15 heavy (non-hydrogen) atoms. The fourth-order valence-electron chi connectivity index (χ4n) is 1.88. The number of carbonyl (C=O) groups excluding carboxylic acids is 1. The molecule has 0 aromatic heterocycles. The standard InChI is InChI=1S/C11H13FN2O/c12-8-4-5-9-7(6-8)2-1-3-10(14-9)11(13)15/h4-6,10,14H,1-3H2,(H2,13,15). The highest BCUT2D eigenvalue weighted by Gasteiger charge is 2.19. The first-order valence-electron chi connectivity index (χ1n) is 5.01. The van der Waals surface area contributed by atoms with Gasteiger partial charge in [0, 0.05) is 5.69 Å². The third-order valence-electron chi connectivity index (χ3n) is 2.68. The minimum atomic E-state index is -0.354. The summed E-state index contributed by atoms with van der Waals surface area (Å²) in [5.41, 5.74) is 6.98.